The third-order valence-electron chi connectivity index (χ3n) is 2.47. The van der Waals surface area contributed by atoms with E-state index in [1.807, 2.05) is 0 Å². The van der Waals surface area contributed by atoms with Crippen LogP contribution in [0.2, 0.25) is 0 Å². The molecule has 17 heavy (non-hydrogen) atoms. The monoisotopic (exact) mass is 249 g/mol. The molecule has 0 saturated heterocycles. The Labute approximate surface area is 103 Å². The van der Waals surface area contributed by atoms with Crippen LogP contribution >= 0.6 is 11.8 Å². The van der Waals surface area contributed by atoms with Gasteiger partial charge in [-0.15, -0.1) is 11.8 Å². The molecule has 0 unspecified atom stereocenters. The maximum Gasteiger partial charge on any atom is 0.265 e. The van der Waals surface area contributed by atoms with Gasteiger partial charge < -0.3 is 4.74 Å². The highest BCUT2D eigenvalue weighted by Crippen LogP contribution is 2.30. The van der Waals surface area contributed by atoms with Gasteiger partial charge in [-0.1, -0.05) is 12.1 Å². The zero-order valence-corrected chi connectivity index (χ0v) is 10.3. The van der Waals surface area contributed by atoms with Crippen molar-refractivity contribution in [1.82, 2.24) is 5.32 Å². The van der Waals surface area contributed by atoms with Gasteiger partial charge in [-0.2, -0.15) is 0 Å². The van der Waals surface area contributed by atoms with Crippen LogP contribution in [0.5, 0.6) is 5.75 Å². The average molecular weight is 249 g/mol. The van der Waals surface area contributed by atoms with Gasteiger partial charge in [0.25, 0.3) is 11.8 Å². The lowest BCUT2D eigenvalue weighted by Gasteiger charge is -2.03. The van der Waals surface area contributed by atoms with E-state index in [2.05, 4.69) is 5.32 Å². The van der Waals surface area contributed by atoms with Crippen molar-refractivity contribution in [3.8, 4) is 5.75 Å². The molecule has 1 aliphatic rings. The standard InChI is InChI=1S/C12H11NO3S/c1-16-8-5-3-7(4-6-8)9-10(17-2)12(15)13-11(9)14/h3-6H,1-2H3,(H,13,14,15). The molecule has 0 saturated carbocycles. The van der Waals surface area contributed by atoms with Gasteiger partial charge in [-0.25, -0.2) is 0 Å². The number of amides is 2. The topological polar surface area (TPSA) is 55.4 Å². The van der Waals surface area contributed by atoms with Crippen LogP contribution in [-0.4, -0.2) is 25.2 Å². The Balaban J connectivity index is 2.46. The Hall–Kier alpha value is -1.75. The zero-order chi connectivity index (χ0) is 12.4. The summed E-state index contributed by atoms with van der Waals surface area (Å²) in [6, 6.07) is 7.05. The van der Waals surface area contributed by atoms with Crippen LogP contribution in [0.15, 0.2) is 29.2 Å². The summed E-state index contributed by atoms with van der Waals surface area (Å²) in [4.78, 5) is 23.6. The Bertz CT molecular complexity index is 505. The summed E-state index contributed by atoms with van der Waals surface area (Å²) in [6.07, 6.45) is 1.77. The van der Waals surface area contributed by atoms with Crippen molar-refractivity contribution in [3.05, 3.63) is 34.7 Å². The highest BCUT2D eigenvalue weighted by Gasteiger charge is 2.30. The molecule has 0 radical (unpaired) electrons. The van der Waals surface area contributed by atoms with Crippen LogP contribution in [0.3, 0.4) is 0 Å². The number of thioether (sulfide) groups is 1. The number of carbonyl (C=O) groups excluding carboxylic acids is 2. The van der Waals surface area contributed by atoms with Crippen molar-refractivity contribution < 1.29 is 14.3 Å². The Morgan fingerprint density at radius 1 is 1.12 bits per heavy atom. The third-order valence-corrected chi connectivity index (χ3v) is 3.27. The van der Waals surface area contributed by atoms with Gasteiger partial charge in [-0.3, -0.25) is 14.9 Å². The first-order valence-corrected chi connectivity index (χ1v) is 6.18. The molecule has 0 bridgehead atoms. The zero-order valence-electron chi connectivity index (χ0n) is 9.44. The maximum atomic E-state index is 11.7. The van der Waals surface area contributed by atoms with Crippen LogP contribution in [0.4, 0.5) is 0 Å². The minimum absolute atomic E-state index is 0.326. The molecule has 1 aromatic carbocycles. The van der Waals surface area contributed by atoms with E-state index in [4.69, 9.17) is 4.74 Å². The minimum atomic E-state index is -0.343. The molecule has 88 valence electrons. The third kappa shape index (κ3) is 2.06. The number of imide groups is 1. The van der Waals surface area contributed by atoms with Crippen molar-refractivity contribution in [2.75, 3.05) is 13.4 Å². The number of benzene rings is 1. The fraction of sp³-hybridized carbons (Fsp3) is 0.167. The first-order chi connectivity index (χ1) is 8.17. The SMILES string of the molecule is COc1ccc(C2=C(SC)C(=O)NC2=O)cc1. The molecule has 0 aliphatic carbocycles. The summed E-state index contributed by atoms with van der Waals surface area (Å²) in [5.41, 5.74) is 1.16. The molecule has 0 atom stereocenters. The first kappa shape index (κ1) is 11.7. The van der Waals surface area contributed by atoms with Crippen LogP contribution in [0, 0.1) is 0 Å². The molecule has 0 aromatic heterocycles. The predicted molar refractivity (Wildman–Crippen MR) is 66.6 cm³/mol. The number of methoxy groups -OCH3 is 1. The lowest BCUT2D eigenvalue weighted by Crippen LogP contribution is -2.22. The summed E-state index contributed by atoms with van der Waals surface area (Å²) in [5, 5.41) is 2.29. The molecule has 0 fully saturated rings. The van der Waals surface area contributed by atoms with E-state index in [0.717, 1.165) is 5.56 Å². The fourth-order valence-corrected chi connectivity index (χ4v) is 2.30. The van der Waals surface area contributed by atoms with Crippen molar-refractivity contribution in [2.24, 2.45) is 0 Å². The van der Waals surface area contributed by atoms with Crippen molar-refractivity contribution in [1.29, 1.82) is 0 Å². The van der Waals surface area contributed by atoms with Gasteiger partial charge in [0.15, 0.2) is 0 Å². The highest BCUT2D eigenvalue weighted by molar-refractivity contribution is 8.03. The van der Waals surface area contributed by atoms with E-state index in [9.17, 15) is 9.59 Å². The Morgan fingerprint density at radius 2 is 1.76 bits per heavy atom. The van der Waals surface area contributed by atoms with E-state index in [1.54, 1.807) is 37.6 Å². The van der Waals surface area contributed by atoms with E-state index < -0.39 is 0 Å². The minimum Gasteiger partial charge on any atom is -0.497 e. The second-order valence-electron chi connectivity index (χ2n) is 3.42. The number of hydrogen-bond acceptors (Lipinski definition) is 4. The Morgan fingerprint density at radius 3 is 2.29 bits per heavy atom. The van der Waals surface area contributed by atoms with Gasteiger partial charge >= 0.3 is 0 Å². The first-order valence-electron chi connectivity index (χ1n) is 4.95. The lowest BCUT2D eigenvalue weighted by atomic mass is 10.1. The number of rotatable bonds is 3. The van der Waals surface area contributed by atoms with Crippen LogP contribution in [0.1, 0.15) is 5.56 Å². The van der Waals surface area contributed by atoms with E-state index in [-0.39, 0.29) is 11.8 Å². The molecule has 2 rings (SSSR count). The van der Waals surface area contributed by atoms with E-state index in [0.29, 0.717) is 16.2 Å². The fourth-order valence-electron chi connectivity index (χ4n) is 1.65. The molecule has 4 nitrogen and oxygen atoms in total. The van der Waals surface area contributed by atoms with Gasteiger partial charge in [0.2, 0.25) is 0 Å². The predicted octanol–water partition coefficient (Wildman–Crippen LogP) is 1.43. The van der Waals surface area contributed by atoms with Crippen molar-refractivity contribution in [3.63, 3.8) is 0 Å². The van der Waals surface area contributed by atoms with Crippen LogP contribution < -0.4 is 10.1 Å². The van der Waals surface area contributed by atoms with Gasteiger partial charge in [0.1, 0.15) is 5.75 Å². The van der Waals surface area contributed by atoms with Gasteiger partial charge in [0, 0.05) is 0 Å². The number of carbonyl (C=O) groups is 2. The molecule has 1 heterocycles. The second kappa shape index (κ2) is 4.63. The summed E-state index contributed by atoms with van der Waals surface area (Å²) in [6.45, 7) is 0. The normalized spacial score (nSPS) is 15.2. The molecule has 0 spiro atoms. The molecule has 1 aliphatic heterocycles. The molecule has 1 aromatic rings. The van der Waals surface area contributed by atoms with Crippen LogP contribution in [0.25, 0.3) is 5.57 Å². The van der Waals surface area contributed by atoms with E-state index in [1.165, 1.54) is 11.8 Å². The van der Waals surface area contributed by atoms with Crippen LogP contribution in [-0.2, 0) is 9.59 Å². The summed E-state index contributed by atoms with van der Waals surface area (Å²) in [7, 11) is 1.58. The molecule has 2 amide bonds. The summed E-state index contributed by atoms with van der Waals surface area (Å²) >= 11 is 1.27. The van der Waals surface area contributed by atoms with E-state index >= 15 is 0 Å². The Kier molecular flexibility index (Phi) is 3.19. The number of ether oxygens (including phenoxy) is 1. The molecular weight excluding hydrogens is 238 g/mol. The van der Waals surface area contributed by atoms with Gasteiger partial charge in [-0.05, 0) is 24.0 Å². The summed E-state index contributed by atoms with van der Waals surface area (Å²) in [5.74, 6) is 0.0441. The second-order valence-corrected chi connectivity index (χ2v) is 4.24. The average Bonchev–Trinajstić information content (AvgIpc) is 2.63. The largest absolute Gasteiger partial charge is 0.497 e. The number of nitrogens with one attached hydrogen (secondary N) is 1. The maximum absolute atomic E-state index is 11.7. The smallest absolute Gasteiger partial charge is 0.265 e. The van der Waals surface area contributed by atoms with Crippen molar-refractivity contribution in [2.45, 2.75) is 0 Å². The summed E-state index contributed by atoms with van der Waals surface area (Å²) < 4.78 is 5.04. The highest BCUT2D eigenvalue weighted by atomic mass is 32.2. The molecule has 5 heteroatoms. The van der Waals surface area contributed by atoms with Crippen molar-refractivity contribution >= 4 is 29.1 Å². The quantitative estimate of drug-likeness (QED) is 0.823. The lowest BCUT2D eigenvalue weighted by molar-refractivity contribution is -0.123. The van der Waals surface area contributed by atoms with Gasteiger partial charge in [0.05, 0.1) is 17.6 Å². The molecule has 1 N–H and O–H groups in total. The number of hydrogen-bond donors (Lipinski definition) is 1. The molecular formula is C12H11NO3S.